The van der Waals surface area contributed by atoms with E-state index < -0.39 is 11.2 Å². The van der Waals surface area contributed by atoms with Crippen LogP contribution in [0.5, 0.6) is 0 Å². The number of hydrogen-bond donors (Lipinski definition) is 2. The molecule has 0 bridgehead atoms. The standard InChI is InChI=1S/C19H20FN7O2S2/c1-3-4-8-27-15-14(16(28)23-18(27)29)26(2)13(22-15)10-30-19-25-24-17(31-19)21-12-7-5-6-11(20)9-12/h5-7,9H,3-4,8,10H2,1-2H3,(H,21,24)(H,23,28,29). The van der Waals surface area contributed by atoms with Gasteiger partial charge in [0, 0.05) is 19.3 Å². The number of hydrogen-bond acceptors (Lipinski definition) is 8. The topological polar surface area (TPSA) is 110 Å². The van der Waals surface area contributed by atoms with Gasteiger partial charge in [-0.05, 0) is 24.6 Å². The van der Waals surface area contributed by atoms with Gasteiger partial charge in [-0.15, -0.1) is 10.2 Å². The van der Waals surface area contributed by atoms with Gasteiger partial charge in [-0.3, -0.25) is 14.3 Å². The zero-order valence-electron chi connectivity index (χ0n) is 16.9. The normalized spacial score (nSPS) is 11.3. The summed E-state index contributed by atoms with van der Waals surface area (Å²) in [7, 11) is 1.76. The molecular weight excluding hydrogens is 441 g/mol. The summed E-state index contributed by atoms with van der Waals surface area (Å²) >= 11 is 2.75. The molecule has 0 amide bonds. The molecule has 12 heteroatoms. The van der Waals surface area contributed by atoms with E-state index in [-0.39, 0.29) is 5.82 Å². The highest BCUT2D eigenvalue weighted by atomic mass is 32.2. The molecule has 0 saturated carbocycles. The monoisotopic (exact) mass is 461 g/mol. The third kappa shape index (κ3) is 4.54. The first-order valence-electron chi connectivity index (χ1n) is 9.63. The van der Waals surface area contributed by atoms with Gasteiger partial charge in [0.25, 0.3) is 5.56 Å². The van der Waals surface area contributed by atoms with Gasteiger partial charge >= 0.3 is 5.69 Å². The molecule has 0 radical (unpaired) electrons. The minimum atomic E-state index is -0.448. The Morgan fingerprint density at radius 2 is 2.13 bits per heavy atom. The zero-order valence-corrected chi connectivity index (χ0v) is 18.5. The van der Waals surface area contributed by atoms with Crippen LogP contribution in [0.15, 0.2) is 38.2 Å². The van der Waals surface area contributed by atoms with Gasteiger partial charge in [0.1, 0.15) is 11.6 Å². The van der Waals surface area contributed by atoms with E-state index in [1.54, 1.807) is 23.7 Å². The predicted molar refractivity (Wildman–Crippen MR) is 120 cm³/mol. The van der Waals surface area contributed by atoms with Crippen molar-refractivity contribution in [3.8, 4) is 0 Å². The first kappa shape index (κ1) is 21.2. The highest BCUT2D eigenvalue weighted by Gasteiger charge is 2.17. The molecule has 31 heavy (non-hydrogen) atoms. The summed E-state index contributed by atoms with van der Waals surface area (Å²) in [5.41, 5.74) is 0.465. The number of halogens is 1. The lowest BCUT2D eigenvalue weighted by Crippen LogP contribution is -2.31. The molecule has 162 valence electrons. The summed E-state index contributed by atoms with van der Waals surface area (Å²) in [5.74, 6) is 0.760. The molecule has 0 fully saturated rings. The molecule has 4 rings (SSSR count). The maximum Gasteiger partial charge on any atom is 0.330 e. The van der Waals surface area contributed by atoms with Crippen molar-refractivity contribution in [2.24, 2.45) is 7.05 Å². The van der Waals surface area contributed by atoms with Crippen LogP contribution in [0.3, 0.4) is 0 Å². The Balaban J connectivity index is 1.54. The molecule has 0 aliphatic carbocycles. The van der Waals surface area contributed by atoms with E-state index >= 15 is 0 Å². The van der Waals surface area contributed by atoms with Gasteiger partial charge in [0.05, 0.1) is 5.75 Å². The highest BCUT2D eigenvalue weighted by Crippen LogP contribution is 2.30. The molecule has 1 aromatic carbocycles. The Hall–Kier alpha value is -2.99. The number of anilines is 2. The van der Waals surface area contributed by atoms with E-state index in [2.05, 4.69) is 25.5 Å². The number of fused-ring (bicyclic) bond motifs is 1. The number of nitrogens with zero attached hydrogens (tertiary/aromatic N) is 5. The smallest absolute Gasteiger partial charge is 0.330 e. The lowest BCUT2D eigenvalue weighted by molar-refractivity contribution is 0.613. The first-order valence-corrected chi connectivity index (χ1v) is 11.4. The van der Waals surface area contributed by atoms with Gasteiger partial charge in [-0.25, -0.2) is 14.2 Å². The van der Waals surface area contributed by atoms with Crippen molar-refractivity contribution in [2.75, 3.05) is 5.32 Å². The highest BCUT2D eigenvalue weighted by molar-refractivity contribution is 8.00. The average molecular weight is 462 g/mol. The number of aromatic nitrogens is 6. The van der Waals surface area contributed by atoms with E-state index in [9.17, 15) is 14.0 Å². The van der Waals surface area contributed by atoms with E-state index in [0.29, 0.717) is 44.4 Å². The van der Waals surface area contributed by atoms with Crippen LogP contribution in [0.4, 0.5) is 15.2 Å². The van der Waals surface area contributed by atoms with Crippen molar-refractivity contribution in [1.82, 2.24) is 29.3 Å². The molecule has 0 aliphatic heterocycles. The number of aromatic amines is 1. The van der Waals surface area contributed by atoms with Crippen LogP contribution in [0.1, 0.15) is 25.6 Å². The van der Waals surface area contributed by atoms with Crippen molar-refractivity contribution < 1.29 is 4.39 Å². The molecule has 0 atom stereocenters. The molecule has 9 nitrogen and oxygen atoms in total. The second kappa shape index (κ2) is 9.02. The van der Waals surface area contributed by atoms with E-state index in [0.717, 1.165) is 12.8 Å². The fraction of sp³-hybridized carbons (Fsp3) is 0.316. The van der Waals surface area contributed by atoms with Crippen LogP contribution in [0.25, 0.3) is 11.2 Å². The Labute approximate surface area is 184 Å². The van der Waals surface area contributed by atoms with Crippen LogP contribution in [0, 0.1) is 5.82 Å². The quantitative estimate of drug-likeness (QED) is 0.388. The third-order valence-electron chi connectivity index (χ3n) is 4.65. The van der Waals surface area contributed by atoms with Gasteiger partial charge < -0.3 is 9.88 Å². The molecule has 0 unspecified atom stereocenters. The Morgan fingerprint density at radius 3 is 2.90 bits per heavy atom. The average Bonchev–Trinajstić information content (AvgIpc) is 3.30. The maximum absolute atomic E-state index is 13.3. The van der Waals surface area contributed by atoms with Crippen LogP contribution in [0.2, 0.25) is 0 Å². The Bertz CT molecular complexity index is 1340. The number of thioether (sulfide) groups is 1. The van der Waals surface area contributed by atoms with Crippen LogP contribution in [-0.2, 0) is 19.3 Å². The van der Waals surface area contributed by atoms with Crippen molar-refractivity contribution in [3.63, 3.8) is 0 Å². The lowest BCUT2D eigenvalue weighted by Gasteiger charge is -2.04. The number of benzene rings is 1. The van der Waals surface area contributed by atoms with E-state index in [1.165, 1.54) is 39.8 Å². The van der Waals surface area contributed by atoms with Gasteiger partial charge in [0.15, 0.2) is 15.5 Å². The largest absolute Gasteiger partial charge is 0.330 e. The van der Waals surface area contributed by atoms with Crippen LogP contribution < -0.4 is 16.6 Å². The SMILES string of the molecule is CCCCn1c(=O)[nH]c(=O)c2c1nc(CSc1nnc(Nc3cccc(F)c3)s1)n2C. The van der Waals surface area contributed by atoms with Gasteiger partial charge in [-0.1, -0.05) is 42.5 Å². The number of nitrogens with one attached hydrogen (secondary N) is 2. The molecular formula is C19H20FN7O2S2. The minimum Gasteiger partial charge on any atom is -0.330 e. The maximum atomic E-state index is 13.3. The molecule has 0 saturated heterocycles. The van der Waals surface area contributed by atoms with E-state index in [1.807, 2.05) is 6.92 Å². The summed E-state index contributed by atoms with van der Waals surface area (Å²) in [5, 5.41) is 11.8. The number of unbranched alkanes of at least 4 members (excludes halogenated alkanes) is 1. The summed E-state index contributed by atoms with van der Waals surface area (Å²) in [6, 6.07) is 6.10. The predicted octanol–water partition coefficient (Wildman–Crippen LogP) is 3.25. The number of rotatable bonds is 8. The zero-order chi connectivity index (χ0) is 22.0. The fourth-order valence-electron chi connectivity index (χ4n) is 3.08. The van der Waals surface area contributed by atoms with E-state index in [4.69, 9.17) is 0 Å². The van der Waals surface area contributed by atoms with Gasteiger partial charge in [-0.2, -0.15) is 0 Å². The summed E-state index contributed by atoms with van der Waals surface area (Å²) in [6.07, 6.45) is 1.74. The molecule has 3 aromatic heterocycles. The first-order chi connectivity index (χ1) is 15.0. The number of H-pyrrole nitrogens is 1. The molecule has 0 spiro atoms. The van der Waals surface area contributed by atoms with Crippen LogP contribution in [-0.4, -0.2) is 29.3 Å². The molecule has 4 aromatic rings. The van der Waals surface area contributed by atoms with Crippen molar-refractivity contribution in [1.29, 1.82) is 0 Å². The summed E-state index contributed by atoms with van der Waals surface area (Å²) in [4.78, 5) is 31.5. The Morgan fingerprint density at radius 1 is 1.29 bits per heavy atom. The Kier molecular flexibility index (Phi) is 6.18. The molecule has 0 aliphatic rings. The van der Waals surface area contributed by atoms with Crippen molar-refractivity contribution >= 4 is 45.1 Å². The second-order valence-corrected chi connectivity index (χ2v) is 9.02. The molecule has 3 heterocycles. The van der Waals surface area contributed by atoms with Gasteiger partial charge in [0.2, 0.25) is 5.13 Å². The summed E-state index contributed by atoms with van der Waals surface area (Å²) in [6.45, 7) is 2.53. The minimum absolute atomic E-state index is 0.335. The second-order valence-electron chi connectivity index (χ2n) is 6.82. The fourth-order valence-corrected chi connectivity index (χ4v) is 4.83. The molecule has 2 N–H and O–H groups in total. The number of aryl methyl sites for hydroxylation is 2. The lowest BCUT2D eigenvalue weighted by atomic mass is 10.3. The third-order valence-corrected chi connectivity index (χ3v) is 6.62. The van der Waals surface area contributed by atoms with Crippen molar-refractivity contribution in [2.45, 2.75) is 36.4 Å². The number of imidazole rings is 1. The van der Waals surface area contributed by atoms with Crippen LogP contribution >= 0.6 is 23.1 Å². The summed E-state index contributed by atoms with van der Waals surface area (Å²) < 4.78 is 17.2. The van der Waals surface area contributed by atoms with Crippen molar-refractivity contribution in [3.05, 3.63) is 56.7 Å².